The van der Waals surface area contributed by atoms with Crippen molar-refractivity contribution in [2.75, 3.05) is 0 Å². The average molecular weight is 651 g/mol. The Labute approximate surface area is 293 Å². The molecule has 0 unspecified atom stereocenters. The summed E-state index contributed by atoms with van der Waals surface area (Å²) in [6.07, 6.45) is 0. The monoisotopic (exact) mass is 650 g/mol. The van der Waals surface area contributed by atoms with Crippen molar-refractivity contribution in [2.24, 2.45) is 0 Å². The molecule has 0 saturated heterocycles. The second-order valence-electron chi connectivity index (χ2n) is 13.3. The van der Waals surface area contributed by atoms with Gasteiger partial charge in [0.2, 0.25) is 0 Å². The van der Waals surface area contributed by atoms with E-state index in [0.717, 1.165) is 33.3 Å². The lowest BCUT2D eigenvalue weighted by Crippen LogP contribution is -1.95. The van der Waals surface area contributed by atoms with Crippen LogP contribution in [0.1, 0.15) is 0 Å². The number of rotatable bonds is 4. The molecule has 3 heteroatoms. The van der Waals surface area contributed by atoms with Crippen molar-refractivity contribution in [3.8, 4) is 33.6 Å². The number of aromatic nitrogens is 2. The van der Waals surface area contributed by atoms with Crippen molar-refractivity contribution in [3.05, 3.63) is 182 Å². The third kappa shape index (κ3) is 4.19. The lowest BCUT2D eigenvalue weighted by atomic mass is 10.0. The van der Waals surface area contributed by atoms with Gasteiger partial charge in [-0.25, -0.2) is 0 Å². The molecule has 0 amide bonds. The number of hydrogen-bond donors (Lipinski definition) is 0. The van der Waals surface area contributed by atoms with Crippen molar-refractivity contribution in [3.63, 3.8) is 0 Å². The van der Waals surface area contributed by atoms with Crippen molar-refractivity contribution in [2.45, 2.75) is 0 Å². The van der Waals surface area contributed by atoms with Crippen molar-refractivity contribution in [1.29, 1.82) is 0 Å². The number of furan rings is 1. The molecule has 3 heterocycles. The summed E-state index contributed by atoms with van der Waals surface area (Å²) in [7, 11) is 0. The molecule has 0 aliphatic rings. The summed E-state index contributed by atoms with van der Waals surface area (Å²) >= 11 is 0. The smallest absolute Gasteiger partial charge is 0.137 e. The summed E-state index contributed by atoms with van der Waals surface area (Å²) in [5, 5.41) is 7.28. The van der Waals surface area contributed by atoms with Crippen LogP contribution in [-0.4, -0.2) is 9.13 Å². The van der Waals surface area contributed by atoms with Crippen molar-refractivity contribution in [1.82, 2.24) is 9.13 Å². The van der Waals surface area contributed by atoms with Gasteiger partial charge < -0.3 is 13.6 Å². The number of nitrogens with zero attached hydrogens (tertiary/aromatic N) is 2. The van der Waals surface area contributed by atoms with Crippen LogP contribution in [0.3, 0.4) is 0 Å². The fourth-order valence-electron chi connectivity index (χ4n) is 8.20. The summed E-state index contributed by atoms with van der Waals surface area (Å²) in [4.78, 5) is 0. The van der Waals surface area contributed by atoms with E-state index in [1.807, 2.05) is 6.07 Å². The molecule has 3 aromatic heterocycles. The minimum Gasteiger partial charge on any atom is -0.456 e. The van der Waals surface area contributed by atoms with E-state index < -0.39 is 0 Å². The van der Waals surface area contributed by atoms with Crippen LogP contribution in [0.5, 0.6) is 0 Å². The first-order chi connectivity index (χ1) is 25.3. The highest BCUT2D eigenvalue weighted by molar-refractivity contribution is 6.24. The van der Waals surface area contributed by atoms with Gasteiger partial charge in [0, 0.05) is 38.3 Å². The van der Waals surface area contributed by atoms with E-state index in [1.165, 1.54) is 65.9 Å². The van der Waals surface area contributed by atoms with Gasteiger partial charge in [-0.1, -0.05) is 115 Å². The molecule has 0 aliphatic heterocycles. The normalized spacial score (nSPS) is 11.9. The largest absolute Gasteiger partial charge is 0.456 e. The SMILES string of the molecule is c1ccc(-c2ccc3c(c2)c2ccccc2n3-c2ccc(-c3ccc(-n4c5ccccc5c5ccc6oc7ccccc7c6c54)cc3)cc2)cc1. The molecule has 0 spiro atoms. The first-order valence-electron chi connectivity index (χ1n) is 17.4. The maximum atomic E-state index is 6.32. The fraction of sp³-hybridized carbons (Fsp3) is 0. The Hall–Kier alpha value is -6.84. The average Bonchev–Trinajstić information content (AvgIpc) is 3.86. The van der Waals surface area contributed by atoms with Gasteiger partial charge in [0.15, 0.2) is 0 Å². The van der Waals surface area contributed by atoms with Crippen LogP contribution in [0.25, 0.3) is 99.2 Å². The topological polar surface area (TPSA) is 23.0 Å². The van der Waals surface area contributed by atoms with Gasteiger partial charge in [0.25, 0.3) is 0 Å². The number of para-hydroxylation sites is 3. The molecule has 238 valence electrons. The van der Waals surface area contributed by atoms with Crippen LogP contribution in [0.2, 0.25) is 0 Å². The third-order valence-corrected chi connectivity index (χ3v) is 10.5. The molecule has 0 N–H and O–H groups in total. The highest BCUT2D eigenvalue weighted by Crippen LogP contribution is 2.41. The lowest BCUT2D eigenvalue weighted by Gasteiger charge is -2.12. The molecule has 0 radical (unpaired) electrons. The first kappa shape index (κ1) is 28.0. The fourth-order valence-corrected chi connectivity index (χ4v) is 8.20. The Morgan fingerprint density at radius 3 is 1.57 bits per heavy atom. The highest BCUT2D eigenvalue weighted by atomic mass is 16.3. The Kier molecular flexibility index (Phi) is 5.96. The Morgan fingerprint density at radius 1 is 0.314 bits per heavy atom. The second kappa shape index (κ2) is 10.8. The number of hydrogen-bond acceptors (Lipinski definition) is 1. The van der Waals surface area contributed by atoms with Crippen LogP contribution < -0.4 is 0 Å². The van der Waals surface area contributed by atoms with Gasteiger partial charge in [0.1, 0.15) is 11.2 Å². The zero-order valence-corrected chi connectivity index (χ0v) is 27.6. The summed E-state index contributed by atoms with van der Waals surface area (Å²) < 4.78 is 11.1. The van der Waals surface area contributed by atoms with Gasteiger partial charge >= 0.3 is 0 Å². The Morgan fingerprint density at radius 2 is 0.843 bits per heavy atom. The minimum absolute atomic E-state index is 0.907. The molecule has 0 fully saturated rings. The van der Waals surface area contributed by atoms with Crippen LogP contribution >= 0.6 is 0 Å². The molecule has 0 atom stereocenters. The van der Waals surface area contributed by atoms with Gasteiger partial charge in [0.05, 0.1) is 27.5 Å². The molecule has 11 rings (SSSR count). The Bertz CT molecular complexity index is 3100. The summed E-state index contributed by atoms with van der Waals surface area (Å²) in [6, 6.07) is 65.4. The van der Waals surface area contributed by atoms with E-state index in [0.29, 0.717) is 0 Å². The molecule has 51 heavy (non-hydrogen) atoms. The third-order valence-electron chi connectivity index (χ3n) is 10.5. The molecule has 0 saturated carbocycles. The van der Waals surface area contributed by atoms with E-state index in [4.69, 9.17) is 4.42 Å². The minimum atomic E-state index is 0.907. The summed E-state index contributed by atoms with van der Waals surface area (Å²) in [5.74, 6) is 0. The van der Waals surface area contributed by atoms with Crippen molar-refractivity contribution < 1.29 is 4.42 Å². The van der Waals surface area contributed by atoms with Crippen LogP contribution in [0, 0.1) is 0 Å². The van der Waals surface area contributed by atoms with Gasteiger partial charge in [-0.2, -0.15) is 0 Å². The van der Waals surface area contributed by atoms with Gasteiger partial charge in [-0.3, -0.25) is 0 Å². The molecular weight excluding hydrogens is 621 g/mol. The van der Waals surface area contributed by atoms with Crippen LogP contribution in [0.15, 0.2) is 186 Å². The Balaban J connectivity index is 1.01. The van der Waals surface area contributed by atoms with Gasteiger partial charge in [-0.15, -0.1) is 0 Å². The lowest BCUT2D eigenvalue weighted by molar-refractivity contribution is 0.669. The van der Waals surface area contributed by atoms with E-state index in [9.17, 15) is 0 Å². The van der Waals surface area contributed by atoms with E-state index in [-0.39, 0.29) is 0 Å². The standard InChI is InChI=1S/C48H30N2O/c1-2-10-31(11-3-1)34-22-28-44-41(30-34)38-13-5-7-15-42(38)49(44)35-23-18-32(19-24-35)33-20-25-36(26-21-33)50-43-16-8-4-12-37(43)39-27-29-46-47(48(39)50)40-14-6-9-17-45(40)51-46/h1-30H. The molecule has 3 nitrogen and oxygen atoms in total. The second-order valence-corrected chi connectivity index (χ2v) is 13.3. The molecular formula is C48H30N2O. The predicted molar refractivity (Wildman–Crippen MR) is 213 cm³/mol. The van der Waals surface area contributed by atoms with Crippen molar-refractivity contribution >= 4 is 65.6 Å². The van der Waals surface area contributed by atoms with Crippen LogP contribution in [-0.2, 0) is 0 Å². The summed E-state index contributed by atoms with van der Waals surface area (Å²) in [5.41, 5.74) is 13.7. The predicted octanol–water partition coefficient (Wildman–Crippen LogP) is 13.1. The quantitative estimate of drug-likeness (QED) is 0.186. The van der Waals surface area contributed by atoms with Gasteiger partial charge in [-0.05, 0) is 89.0 Å². The van der Waals surface area contributed by atoms with E-state index in [2.05, 4.69) is 185 Å². The van der Waals surface area contributed by atoms with E-state index >= 15 is 0 Å². The van der Waals surface area contributed by atoms with Crippen LogP contribution in [0.4, 0.5) is 0 Å². The zero-order chi connectivity index (χ0) is 33.5. The zero-order valence-electron chi connectivity index (χ0n) is 27.6. The maximum absolute atomic E-state index is 6.32. The molecule has 11 aromatic rings. The van der Waals surface area contributed by atoms with E-state index in [1.54, 1.807) is 0 Å². The maximum Gasteiger partial charge on any atom is 0.137 e. The molecule has 8 aromatic carbocycles. The summed E-state index contributed by atoms with van der Waals surface area (Å²) in [6.45, 7) is 0. The first-order valence-corrected chi connectivity index (χ1v) is 17.4. The number of benzene rings is 8. The molecule has 0 aliphatic carbocycles. The molecule has 0 bridgehead atoms. The number of fused-ring (bicyclic) bond motifs is 10. The highest BCUT2D eigenvalue weighted by Gasteiger charge is 2.19.